The van der Waals surface area contributed by atoms with E-state index in [1.165, 1.54) is 167 Å². The topological polar surface area (TPSA) is 18.5 Å². The van der Waals surface area contributed by atoms with Crippen molar-refractivity contribution < 1.29 is 14.0 Å². The Morgan fingerprint density at radius 2 is 0.667 bits per heavy atom. The van der Waals surface area contributed by atoms with E-state index in [-0.39, 0.29) is 6.41 Å². The average Bonchev–Trinajstić information content (AvgIpc) is 3.02. The first kappa shape index (κ1) is 44.4. The highest BCUT2D eigenvalue weighted by Crippen LogP contribution is 2.16. The molecule has 0 spiro atoms. The van der Waals surface area contributed by atoms with Gasteiger partial charge in [0.2, 0.25) is 0 Å². The summed E-state index contributed by atoms with van der Waals surface area (Å²) in [6.07, 6.45) is 48.2. The fourth-order valence-electron chi connectivity index (χ4n) is 6.20. The average molecular weight is 635 g/mol. The summed E-state index contributed by atoms with van der Waals surface area (Å²) in [5.74, 6) is 0. The third-order valence-corrected chi connectivity index (χ3v) is 9.20. The van der Waals surface area contributed by atoms with Gasteiger partial charge in [-0.2, -0.15) is 0 Å². The van der Waals surface area contributed by atoms with Crippen LogP contribution in [0.3, 0.4) is 0 Å². The lowest BCUT2D eigenvalue weighted by Gasteiger charge is -2.36. The zero-order chi connectivity index (χ0) is 32.9. The summed E-state index contributed by atoms with van der Waals surface area (Å²) < 4.78 is 13.5. The van der Waals surface area contributed by atoms with Crippen LogP contribution < -0.4 is 0 Å². The first-order valence-electron chi connectivity index (χ1n) is 20.4. The molecule has 3 nitrogen and oxygen atoms in total. The molecule has 0 atom stereocenters. The Kier molecular flexibility index (Phi) is 35.7. The van der Waals surface area contributed by atoms with E-state index in [4.69, 9.17) is 9.47 Å². The molecule has 0 unspecified atom stereocenters. The van der Waals surface area contributed by atoms with Gasteiger partial charge in [0.25, 0.3) is 0 Å². The Labute approximate surface area is 285 Å². The van der Waals surface area contributed by atoms with Crippen LogP contribution in [-0.4, -0.2) is 44.8 Å². The third-order valence-electron chi connectivity index (χ3n) is 9.20. The Bertz CT molecular complexity index is 570. The van der Waals surface area contributed by atoms with Crippen LogP contribution in [0.1, 0.15) is 207 Å². The fourth-order valence-corrected chi connectivity index (χ4v) is 6.20. The van der Waals surface area contributed by atoms with Crippen LogP contribution in [-0.2, 0) is 9.47 Å². The van der Waals surface area contributed by atoms with E-state index in [1.807, 2.05) is 0 Å². The van der Waals surface area contributed by atoms with Crippen molar-refractivity contribution in [3.8, 4) is 0 Å². The molecule has 0 radical (unpaired) electrons. The summed E-state index contributed by atoms with van der Waals surface area (Å²) in [7, 11) is 4.52. The highest BCUT2D eigenvalue weighted by Gasteiger charge is 2.29. The van der Waals surface area contributed by atoms with E-state index in [1.54, 1.807) is 0 Å². The quantitative estimate of drug-likeness (QED) is 0.0293. The first-order valence-corrected chi connectivity index (χ1v) is 20.4. The minimum atomic E-state index is -0.129. The van der Waals surface area contributed by atoms with Gasteiger partial charge in [0, 0.05) is 0 Å². The molecule has 0 amide bonds. The molecular formula is C42H84NO2+. The smallest absolute Gasteiger partial charge is 0.306 e. The van der Waals surface area contributed by atoms with E-state index in [2.05, 4.69) is 59.2 Å². The highest BCUT2D eigenvalue weighted by molar-refractivity contribution is 4.82. The van der Waals surface area contributed by atoms with E-state index in [0.29, 0.717) is 0 Å². The van der Waals surface area contributed by atoms with Gasteiger partial charge in [-0.05, 0) is 70.6 Å². The Hall–Kier alpha value is -0.640. The van der Waals surface area contributed by atoms with Crippen molar-refractivity contribution in [1.29, 1.82) is 0 Å². The second-order valence-electron chi connectivity index (χ2n) is 14.4. The van der Waals surface area contributed by atoms with Gasteiger partial charge in [0.1, 0.15) is 0 Å². The molecule has 0 fully saturated rings. The van der Waals surface area contributed by atoms with Gasteiger partial charge in [0.15, 0.2) is 0 Å². The zero-order valence-electron chi connectivity index (χ0n) is 31.8. The molecule has 0 aromatic carbocycles. The Morgan fingerprint density at radius 3 is 0.978 bits per heavy atom. The van der Waals surface area contributed by atoms with Gasteiger partial charge in [-0.25, -0.2) is 0 Å². The molecule has 0 aromatic heterocycles. The summed E-state index contributed by atoms with van der Waals surface area (Å²) >= 11 is 0. The second-order valence-corrected chi connectivity index (χ2v) is 14.4. The zero-order valence-corrected chi connectivity index (χ0v) is 31.8. The second kappa shape index (κ2) is 36.2. The van der Waals surface area contributed by atoms with E-state index in [9.17, 15) is 0 Å². The van der Waals surface area contributed by atoms with E-state index >= 15 is 0 Å². The number of nitrogens with zero attached hydrogens (tertiary/aromatic N) is 1. The lowest BCUT2D eigenvalue weighted by Crippen LogP contribution is -2.52. The highest BCUT2D eigenvalue weighted by atomic mass is 16.7. The minimum Gasteiger partial charge on any atom is -0.306 e. The van der Waals surface area contributed by atoms with Gasteiger partial charge in [-0.3, -0.25) is 4.48 Å². The van der Waals surface area contributed by atoms with Crippen molar-refractivity contribution in [3.05, 3.63) is 24.3 Å². The van der Waals surface area contributed by atoms with Crippen LogP contribution in [0.15, 0.2) is 24.3 Å². The van der Waals surface area contributed by atoms with Gasteiger partial charge in [-0.1, -0.05) is 161 Å². The maximum absolute atomic E-state index is 6.34. The molecule has 0 aromatic rings. The Balaban J connectivity index is 3.76. The molecule has 0 aliphatic rings. The van der Waals surface area contributed by atoms with Crippen molar-refractivity contribution in [2.45, 2.75) is 213 Å². The number of hydrogen-bond acceptors (Lipinski definition) is 2. The van der Waals surface area contributed by atoms with Gasteiger partial charge < -0.3 is 9.47 Å². The lowest BCUT2D eigenvalue weighted by molar-refractivity contribution is -0.962. The molecule has 0 rings (SSSR count). The SMILES string of the molecule is CCCCCCCCC=CCCCCCCCCOC(OCCCCCCCCC=CCCCCCCCC)[N+](C)(C)CCC. The molecule has 0 aliphatic heterocycles. The summed E-state index contributed by atoms with van der Waals surface area (Å²) in [5.41, 5.74) is 0. The van der Waals surface area contributed by atoms with Crippen molar-refractivity contribution in [2.24, 2.45) is 0 Å². The lowest BCUT2D eigenvalue weighted by atomic mass is 10.1. The summed E-state index contributed by atoms with van der Waals surface area (Å²) in [5, 5.41) is 0. The van der Waals surface area contributed by atoms with Gasteiger partial charge in [0.05, 0.1) is 33.9 Å². The number of quaternary nitrogens is 1. The van der Waals surface area contributed by atoms with Crippen molar-refractivity contribution in [2.75, 3.05) is 33.9 Å². The van der Waals surface area contributed by atoms with Crippen molar-refractivity contribution in [1.82, 2.24) is 0 Å². The van der Waals surface area contributed by atoms with Crippen LogP contribution >= 0.6 is 0 Å². The van der Waals surface area contributed by atoms with Crippen molar-refractivity contribution in [3.63, 3.8) is 0 Å². The Morgan fingerprint density at radius 1 is 0.378 bits per heavy atom. The standard InChI is InChI=1S/C42H84NO2/c1-6-9-11-13-15-17-19-21-23-25-27-29-31-33-35-37-40-44-42(43(4,5)39-8-3)45-41-38-36-34-32-30-28-26-24-22-20-18-16-14-12-10-7-2/h21-24,42H,6-20,25-41H2,1-5H3/q+1. The number of rotatable bonds is 37. The predicted molar refractivity (Wildman–Crippen MR) is 202 cm³/mol. The van der Waals surface area contributed by atoms with E-state index < -0.39 is 0 Å². The van der Waals surface area contributed by atoms with Crippen LogP contribution in [0.2, 0.25) is 0 Å². The summed E-state index contributed by atoms with van der Waals surface area (Å²) in [6, 6.07) is 0. The molecular weight excluding hydrogens is 550 g/mol. The first-order chi connectivity index (χ1) is 22.1. The number of allylic oxidation sites excluding steroid dienone is 4. The number of ether oxygens (including phenoxy) is 2. The molecule has 0 saturated carbocycles. The maximum Gasteiger partial charge on any atom is 0.308 e. The molecule has 0 heterocycles. The molecule has 268 valence electrons. The van der Waals surface area contributed by atoms with Crippen molar-refractivity contribution >= 4 is 0 Å². The van der Waals surface area contributed by atoms with Crippen LogP contribution in [0.5, 0.6) is 0 Å². The van der Waals surface area contributed by atoms with Crippen LogP contribution in [0, 0.1) is 0 Å². The van der Waals surface area contributed by atoms with Crippen LogP contribution in [0.25, 0.3) is 0 Å². The largest absolute Gasteiger partial charge is 0.308 e. The van der Waals surface area contributed by atoms with Gasteiger partial charge >= 0.3 is 6.41 Å². The molecule has 45 heavy (non-hydrogen) atoms. The molecule has 3 heteroatoms. The van der Waals surface area contributed by atoms with E-state index in [0.717, 1.165) is 43.5 Å². The molecule has 0 aliphatic carbocycles. The number of hydrogen-bond donors (Lipinski definition) is 0. The predicted octanol–water partition coefficient (Wildman–Crippen LogP) is 13.9. The maximum atomic E-state index is 6.34. The normalized spacial score (nSPS) is 13.1. The van der Waals surface area contributed by atoms with Crippen LogP contribution in [0.4, 0.5) is 0 Å². The molecule has 0 N–H and O–H groups in total. The number of unbranched alkanes of at least 4 members (excludes halogenated alkanes) is 24. The summed E-state index contributed by atoms with van der Waals surface area (Å²) in [4.78, 5) is 0. The monoisotopic (exact) mass is 635 g/mol. The molecule has 0 saturated heterocycles. The van der Waals surface area contributed by atoms with Gasteiger partial charge in [-0.15, -0.1) is 0 Å². The third kappa shape index (κ3) is 33.1. The fraction of sp³-hybridized carbons (Fsp3) is 0.905. The molecule has 0 bridgehead atoms. The minimum absolute atomic E-state index is 0.129. The summed E-state index contributed by atoms with van der Waals surface area (Å²) in [6.45, 7) is 9.58.